The summed E-state index contributed by atoms with van der Waals surface area (Å²) < 4.78 is 10.7. The number of benzene rings is 1. The third-order valence-electron chi connectivity index (χ3n) is 6.06. The van der Waals surface area contributed by atoms with Crippen LogP contribution < -0.4 is 4.74 Å². The minimum absolute atomic E-state index is 0.00312. The Morgan fingerprint density at radius 3 is 2.25 bits per heavy atom. The van der Waals surface area contributed by atoms with Gasteiger partial charge in [0.2, 0.25) is 0 Å². The van der Waals surface area contributed by atoms with Crippen LogP contribution >= 0.6 is 0 Å². The quantitative estimate of drug-likeness (QED) is 0.792. The molecule has 1 aromatic carbocycles. The summed E-state index contributed by atoms with van der Waals surface area (Å²) >= 11 is 0. The molecule has 7 nitrogen and oxygen atoms in total. The van der Waals surface area contributed by atoms with E-state index < -0.39 is 5.60 Å². The summed E-state index contributed by atoms with van der Waals surface area (Å²) in [6.07, 6.45) is 0. The van der Waals surface area contributed by atoms with Crippen LogP contribution in [0.1, 0.15) is 25.5 Å². The van der Waals surface area contributed by atoms with Crippen LogP contribution in [0.5, 0.6) is 5.75 Å². The highest BCUT2D eigenvalue weighted by molar-refractivity contribution is 5.85. The number of carbonyl (C=O) groups is 2. The number of carbonyl (C=O) groups excluding carboxylic acids is 2. The van der Waals surface area contributed by atoms with Crippen molar-refractivity contribution in [1.29, 1.82) is 0 Å². The topological polar surface area (TPSA) is 62.3 Å². The van der Waals surface area contributed by atoms with E-state index >= 15 is 0 Å². The highest BCUT2D eigenvalue weighted by atomic mass is 16.5. The number of amides is 3. The van der Waals surface area contributed by atoms with Crippen LogP contribution in [-0.4, -0.2) is 80.2 Å². The normalized spacial score (nSPS) is 24.3. The molecule has 0 saturated carbocycles. The fraction of sp³-hybridized carbons (Fsp3) is 0.619. The van der Waals surface area contributed by atoms with Gasteiger partial charge in [-0.2, -0.15) is 0 Å². The smallest absolute Gasteiger partial charge is 0.320 e. The molecule has 2 saturated heterocycles. The molecule has 7 heteroatoms. The fourth-order valence-corrected chi connectivity index (χ4v) is 4.36. The van der Waals surface area contributed by atoms with Gasteiger partial charge in [-0.3, -0.25) is 4.79 Å². The fourth-order valence-electron chi connectivity index (χ4n) is 4.36. The number of fused-ring (bicyclic) bond motifs is 1. The lowest BCUT2D eigenvalue weighted by Gasteiger charge is -2.33. The van der Waals surface area contributed by atoms with Crippen molar-refractivity contribution in [3.05, 3.63) is 29.8 Å². The van der Waals surface area contributed by atoms with E-state index in [9.17, 15) is 9.59 Å². The molecular formula is C21H31N3O4. The Morgan fingerprint density at radius 2 is 1.71 bits per heavy atom. The van der Waals surface area contributed by atoms with E-state index in [0.717, 1.165) is 11.3 Å². The predicted molar refractivity (Wildman–Crippen MR) is 106 cm³/mol. The zero-order chi connectivity index (χ0) is 20.6. The van der Waals surface area contributed by atoms with E-state index in [-0.39, 0.29) is 29.8 Å². The largest absolute Gasteiger partial charge is 0.497 e. The molecule has 0 aromatic heterocycles. The van der Waals surface area contributed by atoms with Gasteiger partial charge in [0.05, 0.1) is 13.2 Å². The maximum atomic E-state index is 12.9. The van der Waals surface area contributed by atoms with Crippen LogP contribution in [0.25, 0.3) is 0 Å². The van der Waals surface area contributed by atoms with Crippen molar-refractivity contribution < 1.29 is 19.1 Å². The highest BCUT2D eigenvalue weighted by Crippen LogP contribution is 2.46. The van der Waals surface area contributed by atoms with Gasteiger partial charge in [0.1, 0.15) is 11.4 Å². The van der Waals surface area contributed by atoms with Gasteiger partial charge in [-0.25, -0.2) is 4.79 Å². The van der Waals surface area contributed by atoms with E-state index in [1.807, 2.05) is 34.1 Å². The molecule has 2 fully saturated rings. The Kier molecular flexibility index (Phi) is 5.57. The first-order chi connectivity index (χ1) is 13.2. The lowest BCUT2D eigenvalue weighted by atomic mass is 9.89. The summed E-state index contributed by atoms with van der Waals surface area (Å²) in [7, 11) is 6.75. The van der Waals surface area contributed by atoms with Gasteiger partial charge in [-0.05, 0) is 31.5 Å². The zero-order valence-corrected chi connectivity index (χ0v) is 17.6. The van der Waals surface area contributed by atoms with Crippen molar-refractivity contribution in [2.45, 2.75) is 25.5 Å². The van der Waals surface area contributed by atoms with Crippen molar-refractivity contribution >= 4 is 11.9 Å². The van der Waals surface area contributed by atoms with E-state index in [1.54, 1.807) is 47.1 Å². The summed E-state index contributed by atoms with van der Waals surface area (Å²) in [5.74, 6) is 1.25. The SMILES string of the molecule is COc1ccc([C@H]2[C@@H]3CN(C(=O)C(C)(C)OC)C[C@@H]3CN2C(=O)N(C)C)cc1. The van der Waals surface area contributed by atoms with E-state index in [1.165, 1.54) is 0 Å². The molecule has 1 aromatic rings. The third kappa shape index (κ3) is 3.55. The molecule has 0 N–H and O–H groups in total. The average molecular weight is 389 g/mol. The number of ether oxygens (including phenoxy) is 2. The molecule has 2 aliphatic heterocycles. The van der Waals surface area contributed by atoms with Crippen LogP contribution in [0.2, 0.25) is 0 Å². The maximum Gasteiger partial charge on any atom is 0.320 e. The molecule has 0 bridgehead atoms. The molecule has 0 unspecified atom stereocenters. The first-order valence-electron chi connectivity index (χ1n) is 9.66. The van der Waals surface area contributed by atoms with Crippen molar-refractivity contribution in [3.8, 4) is 5.75 Å². The van der Waals surface area contributed by atoms with Crippen LogP contribution in [0.15, 0.2) is 24.3 Å². The molecule has 0 spiro atoms. The average Bonchev–Trinajstić information content (AvgIpc) is 3.24. The predicted octanol–water partition coefficient (Wildman–Crippen LogP) is 2.23. The highest BCUT2D eigenvalue weighted by Gasteiger charge is 2.51. The van der Waals surface area contributed by atoms with E-state index in [2.05, 4.69) is 0 Å². The molecule has 3 amide bonds. The van der Waals surface area contributed by atoms with Crippen LogP contribution in [0, 0.1) is 11.8 Å². The molecule has 154 valence electrons. The summed E-state index contributed by atoms with van der Waals surface area (Å²) in [5.41, 5.74) is 0.233. The molecule has 28 heavy (non-hydrogen) atoms. The number of hydrogen-bond donors (Lipinski definition) is 0. The molecule has 2 heterocycles. The zero-order valence-electron chi connectivity index (χ0n) is 17.6. The number of hydrogen-bond acceptors (Lipinski definition) is 4. The minimum atomic E-state index is -0.840. The molecule has 0 radical (unpaired) electrons. The molecule has 3 atom stereocenters. The summed E-state index contributed by atoms with van der Waals surface area (Å²) in [4.78, 5) is 31.2. The Hall–Kier alpha value is -2.28. The van der Waals surface area contributed by atoms with E-state index in [4.69, 9.17) is 9.47 Å². The van der Waals surface area contributed by atoms with Gasteiger partial charge in [-0.1, -0.05) is 12.1 Å². The number of rotatable bonds is 4. The van der Waals surface area contributed by atoms with Crippen LogP contribution in [-0.2, 0) is 9.53 Å². The van der Waals surface area contributed by atoms with Crippen LogP contribution in [0.3, 0.4) is 0 Å². The standard InChI is InChI=1S/C21H31N3O4/c1-21(2,28-6)19(25)23-11-15-12-24(20(26)22(3)4)18(17(15)13-23)14-7-9-16(27-5)10-8-14/h7-10,15,17-18H,11-13H2,1-6H3/t15-,17-,18+/m1/s1. The third-order valence-corrected chi connectivity index (χ3v) is 6.06. The second-order valence-corrected chi connectivity index (χ2v) is 8.40. The number of methoxy groups -OCH3 is 2. The Balaban J connectivity index is 1.88. The van der Waals surface area contributed by atoms with Gasteiger partial charge in [0, 0.05) is 52.7 Å². The number of urea groups is 1. The van der Waals surface area contributed by atoms with Gasteiger partial charge < -0.3 is 24.2 Å². The Labute approximate surface area is 167 Å². The van der Waals surface area contributed by atoms with Gasteiger partial charge in [0.15, 0.2) is 0 Å². The molecule has 2 aliphatic rings. The van der Waals surface area contributed by atoms with Crippen molar-refractivity contribution in [1.82, 2.24) is 14.7 Å². The second kappa shape index (κ2) is 7.62. The summed E-state index contributed by atoms with van der Waals surface area (Å²) in [6, 6.07) is 7.83. The van der Waals surface area contributed by atoms with Crippen LogP contribution in [0.4, 0.5) is 4.79 Å². The van der Waals surface area contributed by atoms with Crippen molar-refractivity contribution in [3.63, 3.8) is 0 Å². The van der Waals surface area contributed by atoms with Gasteiger partial charge in [-0.15, -0.1) is 0 Å². The number of nitrogens with zero attached hydrogens (tertiary/aromatic N) is 3. The number of likely N-dealkylation sites (tertiary alicyclic amines) is 2. The first-order valence-corrected chi connectivity index (χ1v) is 9.66. The van der Waals surface area contributed by atoms with E-state index in [0.29, 0.717) is 19.6 Å². The van der Waals surface area contributed by atoms with Gasteiger partial charge in [0.25, 0.3) is 5.91 Å². The molecule has 0 aliphatic carbocycles. The van der Waals surface area contributed by atoms with Crippen molar-refractivity contribution in [2.24, 2.45) is 11.8 Å². The lowest BCUT2D eigenvalue weighted by molar-refractivity contribution is -0.150. The first kappa shape index (κ1) is 20.5. The Morgan fingerprint density at radius 1 is 1.07 bits per heavy atom. The minimum Gasteiger partial charge on any atom is -0.497 e. The molecular weight excluding hydrogens is 358 g/mol. The monoisotopic (exact) mass is 389 g/mol. The molecule has 3 rings (SSSR count). The summed E-state index contributed by atoms with van der Waals surface area (Å²) in [6.45, 7) is 5.53. The Bertz CT molecular complexity index is 732. The lowest BCUT2D eigenvalue weighted by Crippen LogP contribution is -2.47. The second-order valence-electron chi connectivity index (χ2n) is 8.40. The summed E-state index contributed by atoms with van der Waals surface area (Å²) in [5, 5.41) is 0. The maximum absolute atomic E-state index is 12.9. The van der Waals surface area contributed by atoms with Crippen molar-refractivity contribution in [2.75, 3.05) is 47.9 Å². The van der Waals surface area contributed by atoms with Gasteiger partial charge >= 0.3 is 6.03 Å².